The maximum absolute atomic E-state index is 11.4. The van der Waals surface area contributed by atoms with E-state index in [1.54, 1.807) is 0 Å². The molecule has 0 aromatic rings. The number of aliphatic hydroxyl groups excluding tert-OH is 1. The number of hydrogen-bond donors (Lipinski definition) is 2. The van der Waals surface area contributed by atoms with Crippen LogP contribution in [-0.2, 0) is 0 Å². The summed E-state index contributed by atoms with van der Waals surface area (Å²) in [5, 5.41) is 22.1. The molecule has 0 heterocycles. The normalized spacial score (nSPS) is 61.6. The summed E-state index contributed by atoms with van der Waals surface area (Å²) in [6.45, 7) is 9.22. The van der Waals surface area contributed by atoms with Gasteiger partial charge in [-0.05, 0) is 85.9 Å². The standard InChI is InChI=1S/C20H33BrO2/c1-11(2)13-9-12-14(22)10-20(13)8-7-18(3)15(21)5-6-19(4,23)17(18)16(12)20/h11-17,22-23H,5-10H2,1-4H3/t12?,13?,14?,15-,16?,17-,18+,19+,20?/m0/s1. The van der Waals surface area contributed by atoms with Gasteiger partial charge in [0.15, 0.2) is 0 Å². The molecule has 5 unspecified atom stereocenters. The molecule has 2 nitrogen and oxygen atoms in total. The molecule has 4 rings (SSSR count). The molecule has 3 heteroatoms. The maximum atomic E-state index is 11.4. The molecule has 0 aromatic carbocycles. The van der Waals surface area contributed by atoms with E-state index in [4.69, 9.17) is 0 Å². The molecule has 2 N–H and O–H groups in total. The molecule has 0 aliphatic heterocycles. The van der Waals surface area contributed by atoms with Crippen LogP contribution in [0.4, 0.5) is 0 Å². The second-order valence-electron chi connectivity index (χ2n) is 10.1. The summed E-state index contributed by atoms with van der Waals surface area (Å²) in [4.78, 5) is 0.507. The van der Waals surface area contributed by atoms with E-state index in [0.29, 0.717) is 28.5 Å². The Bertz CT molecular complexity index is 504. The largest absolute Gasteiger partial charge is 0.393 e. The summed E-state index contributed by atoms with van der Waals surface area (Å²) in [5.41, 5.74) is -0.121. The first-order valence-electron chi connectivity index (χ1n) is 9.68. The Labute approximate surface area is 149 Å². The third-order valence-electron chi connectivity index (χ3n) is 8.77. The van der Waals surface area contributed by atoms with Crippen LogP contribution in [0.15, 0.2) is 0 Å². The Hall–Kier alpha value is 0.400. The Morgan fingerprint density at radius 3 is 2.48 bits per heavy atom. The van der Waals surface area contributed by atoms with Gasteiger partial charge in [-0.3, -0.25) is 0 Å². The van der Waals surface area contributed by atoms with Gasteiger partial charge in [-0.2, -0.15) is 0 Å². The summed E-state index contributed by atoms with van der Waals surface area (Å²) >= 11 is 3.98. The zero-order chi connectivity index (χ0) is 16.8. The van der Waals surface area contributed by atoms with Crippen molar-refractivity contribution in [2.24, 2.45) is 40.4 Å². The van der Waals surface area contributed by atoms with Crippen molar-refractivity contribution >= 4 is 15.9 Å². The van der Waals surface area contributed by atoms with Crippen LogP contribution < -0.4 is 0 Å². The molecule has 0 aromatic heterocycles. The number of fused-ring (bicyclic) bond motifs is 1. The monoisotopic (exact) mass is 384 g/mol. The van der Waals surface area contributed by atoms with Gasteiger partial charge in [0.1, 0.15) is 0 Å². The van der Waals surface area contributed by atoms with E-state index in [2.05, 4.69) is 43.6 Å². The predicted octanol–water partition coefficient (Wildman–Crippen LogP) is 4.37. The van der Waals surface area contributed by atoms with E-state index in [9.17, 15) is 10.2 Å². The molecule has 4 saturated carbocycles. The fraction of sp³-hybridized carbons (Fsp3) is 1.00. The Balaban J connectivity index is 1.82. The lowest BCUT2D eigenvalue weighted by Crippen LogP contribution is -2.61. The van der Waals surface area contributed by atoms with Crippen LogP contribution >= 0.6 is 15.9 Å². The van der Waals surface area contributed by atoms with Crippen LogP contribution in [0.2, 0.25) is 0 Å². The van der Waals surface area contributed by atoms with Gasteiger partial charge in [-0.25, -0.2) is 0 Å². The maximum Gasteiger partial charge on any atom is 0.0656 e. The first-order valence-corrected chi connectivity index (χ1v) is 10.6. The molecule has 23 heavy (non-hydrogen) atoms. The highest BCUT2D eigenvalue weighted by Crippen LogP contribution is 2.75. The summed E-state index contributed by atoms with van der Waals surface area (Å²) in [5.74, 6) is 2.67. The van der Waals surface area contributed by atoms with Crippen molar-refractivity contribution in [3.8, 4) is 0 Å². The summed E-state index contributed by atoms with van der Waals surface area (Å²) in [6, 6.07) is 0. The second kappa shape index (κ2) is 4.98. The minimum atomic E-state index is -0.580. The first-order chi connectivity index (χ1) is 10.6. The number of aliphatic hydroxyl groups is 2. The third-order valence-corrected chi connectivity index (χ3v) is 10.3. The van der Waals surface area contributed by atoms with Crippen molar-refractivity contribution in [1.29, 1.82) is 0 Å². The fourth-order valence-corrected chi connectivity index (χ4v) is 8.71. The quantitative estimate of drug-likeness (QED) is 0.658. The van der Waals surface area contributed by atoms with E-state index < -0.39 is 5.60 Å². The average Bonchev–Trinajstić information content (AvgIpc) is 2.92. The molecule has 0 radical (unpaired) electrons. The van der Waals surface area contributed by atoms with Crippen molar-refractivity contribution in [1.82, 2.24) is 0 Å². The Kier molecular flexibility index (Phi) is 3.65. The lowest BCUT2D eigenvalue weighted by molar-refractivity contribution is -0.170. The molecule has 4 aliphatic carbocycles. The Morgan fingerprint density at radius 2 is 1.83 bits per heavy atom. The highest BCUT2D eigenvalue weighted by atomic mass is 79.9. The molecule has 9 atom stereocenters. The minimum Gasteiger partial charge on any atom is -0.393 e. The van der Waals surface area contributed by atoms with E-state index in [1.807, 2.05) is 0 Å². The van der Waals surface area contributed by atoms with Crippen molar-refractivity contribution in [3.05, 3.63) is 0 Å². The summed E-state index contributed by atoms with van der Waals surface area (Å²) in [6.07, 6.45) is 6.44. The number of rotatable bonds is 1. The van der Waals surface area contributed by atoms with Gasteiger partial charge in [-0.15, -0.1) is 0 Å². The average molecular weight is 385 g/mol. The number of hydrogen-bond acceptors (Lipinski definition) is 2. The zero-order valence-corrected chi connectivity index (χ0v) is 16.6. The smallest absolute Gasteiger partial charge is 0.0656 e. The van der Waals surface area contributed by atoms with Crippen LogP contribution in [0.3, 0.4) is 0 Å². The van der Waals surface area contributed by atoms with Gasteiger partial charge in [0, 0.05) is 4.83 Å². The molecule has 0 saturated heterocycles. The molecule has 4 aliphatic rings. The minimum absolute atomic E-state index is 0.135. The Morgan fingerprint density at radius 1 is 1.13 bits per heavy atom. The third kappa shape index (κ3) is 1.99. The van der Waals surface area contributed by atoms with Crippen LogP contribution in [-0.4, -0.2) is 26.7 Å². The van der Waals surface area contributed by atoms with E-state index in [0.717, 1.165) is 25.2 Å². The molecule has 0 amide bonds. The zero-order valence-electron chi connectivity index (χ0n) is 15.1. The van der Waals surface area contributed by atoms with Gasteiger partial charge in [0.05, 0.1) is 11.7 Å². The number of alkyl halides is 1. The van der Waals surface area contributed by atoms with Gasteiger partial charge in [0.2, 0.25) is 0 Å². The lowest BCUT2D eigenvalue weighted by atomic mass is 9.45. The van der Waals surface area contributed by atoms with Crippen LogP contribution in [0.1, 0.15) is 66.2 Å². The van der Waals surface area contributed by atoms with E-state index >= 15 is 0 Å². The summed E-state index contributed by atoms with van der Waals surface area (Å²) in [7, 11) is 0. The van der Waals surface area contributed by atoms with Crippen LogP contribution in [0, 0.1) is 40.4 Å². The van der Waals surface area contributed by atoms with Gasteiger partial charge < -0.3 is 10.2 Å². The lowest BCUT2D eigenvalue weighted by Gasteiger charge is -2.62. The molecule has 4 fully saturated rings. The fourth-order valence-electron chi connectivity index (χ4n) is 7.96. The van der Waals surface area contributed by atoms with Gasteiger partial charge >= 0.3 is 0 Å². The van der Waals surface area contributed by atoms with Crippen LogP contribution in [0.5, 0.6) is 0 Å². The highest BCUT2D eigenvalue weighted by Gasteiger charge is 2.72. The summed E-state index contributed by atoms with van der Waals surface area (Å²) < 4.78 is 0. The van der Waals surface area contributed by atoms with Gasteiger partial charge in [0.25, 0.3) is 0 Å². The molecule has 132 valence electrons. The van der Waals surface area contributed by atoms with Crippen molar-refractivity contribution in [2.75, 3.05) is 0 Å². The highest BCUT2D eigenvalue weighted by molar-refractivity contribution is 9.09. The van der Waals surface area contributed by atoms with Crippen LogP contribution in [0.25, 0.3) is 0 Å². The predicted molar refractivity (Wildman–Crippen MR) is 96.4 cm³/mol. The van der Waals surface area contributed by atoms with E-state index in [-0.39, 0.29) is 16.9 Å². The second-order valence-corrected chi connectivity index (χ2v) is 11.2. The molecule has 0 spiro atoms. The first kappa shape index (κ1) is 16.8. The topological polar surface area (TPSA) is 40.5 Å². The van der Waals surface area contributed by atoms with Gasteiger partial charge in [-0.1, -0.05) is 36.7 Å². The molecular formula is C20H33BrO2. The SMILES string of the molecule is CC(C)C1CC2C(O)CC13CC[C@]1(C)[C@@H](Br)CC[C@@](C)(O)[C@H]1C23. The van der Waals surface area contributed by atoms with E-state index in [1.165, 1.54) is 19.3 Å². The van der Waals surface area contributed by atoms with Crippen molar-refractivity contribution in [2.45, 2.75) is 82.8 Å². The molecular weight excluding hydrogens is 352 g/mol. The molecule has 2 bridgehead atoms. The van der Waals surface area contributed by atoms with Crippen molar-refractivity contribution < 1.29 is 10.2 Å². The number of halogens is 1. The van der Waals surface area contributed by atoms with Crippen molar-refractivity contribution in [3.63, 3.8) is 0 Å².